The first-order chi connectivity index (χ1) is 10.1. The predicted octanol–water partition coefficient (Wildman–Crippen LogP) is -0.766. The van der Waals surface area contributed by atoms with Gasteiger partial charge in [-0.2, -0.15) is 13.2 Å². The van der Waals surface area contributed by atoms with Gasteiger partial charge in [0.2, 0.25) is 0 Å². The van der Waals surface area contributed by atoms with Crippen LogP contribution in [0.5, 0.6) is 0 Å². The zero-order chi connectivity index (χ0) is 16.3. The van der Waals surface area contributed by atoms with Crippen LogP contribution in [0.2, 0.25) is 5.02 Å². The molecule has 2 N–H and O–H groups in total. The zero-order valence-electron chi connectivity index (χ0n) is 11.3. The van der Waals surface area contributed by atoms with Crippen molar-refractivity contribution >= 4 is 44.1 Å². The van der Waals surface area contributed by atoms with Crippen LogP contribution in [0.4, 0.5) is 18.9 Å². The SMILES string of the molecule is NC1=[N+](c2cc(C(F)(F)F)ccc2Cl)C2CS(=O)(=O)CC2S1.[Br-]. The van der Waals surface area contributed by atoms with E-state index in [4.69, 9.17) is 17.3 Å². The van der Waals surface area contributed by atoms with Gasteiger partial charge in [-0.15, -0.1) is 0 Å². The van der Waals surface area contributed by atoms with Gasteiger partial charge in [0.1, 0.15) is 11.7 Å². The quantitative estimate of drug-likeness (QED) is 0.570. The van der Waals surface area contributed by atoms with Crippen molar-refractivity contribution in [2.45, 2.75) is 17.5 Å². The number of rotatable bonds is 1. The molecule has 0 saturated carbocycles. The Kier molecular flexibility index (Phi) is 5.03. The van der Waals surface area contributed by atoms with E-state index in [-0.39, 0.29) is 49.6 Å². The fourth-order valence-electron chi connectivity index (χ4n) is 2.70. The van der Waals surface area contributed by atoms with Gasteiger partial charge < -0.3 is 17.0 Å². The van der Waals surface area contributed by atoms with Crippen molar-refractivity contribution in [3.8, 4) is 0 Å². The van der Waals surface area contributed by atoms with Gasteiger partial charge in [0, 0.05) is 0 Å². The van der Waals surface area contributed by atoms with Crippen molar-refractivity contribution in [3.63, 3.8) is 0 Å². The number of nitrogens with two attached hydrogens (primary N) is 1. The van der Waals surface area contributed by atoms with Gasteiger partial charge in [-0.3, -0.25) is 5.73 Å². The summed E-state index contributed by atoms with van der Waals surface area (Å²) in [5.74, 6) is -0.173. The maximum atomic E-state index is 12.9. The fraction of sp³-hybridized carbons (Fsp3) is 0.417. The molecule has 2 unspecified atom stereocenters. The lowest BCUT2D eigenvalue weighted by Crippen LogP contribution is -3.00. The van der Waals surface area contributed by atoms with Crippen LogP contribution in [-0.4, -0.2) is 41.0 Å². The van der Waals surface area contributed by atoms with E-state index in [1.54, 1.807) is 0 Å². The van der Waals surface area contributed by atoms with Crippen LogP contribution in [0.15, 0.2) is 18.2 Å². The largest absolute Gasteiger partial charge is 1.00 e. The lowest BCUT2D eigenvalue weighted by molar-refractivity contribution is -0.470. The number of fused-ring (bicyclic) bond motifs is 1. The second-order valence-electron chi connectivity index (χ2n) is 5.17. The van der Waals surface area contributed by atoms with Gasteiger partial charge in [0.15, 0.2) is 9.84 Å². The number of amidine groups is 1. The summed E-state index contributed by atoms with van der Waals surface area (Å²) in [5, 5.41) is 0.0863. The van der Waals surface area contributed by atoms with Gasteiger partial charge in [-0.05, 0) is 30.0 Å². The fourth-order valence-corrected chi connectivity index (χ4v) is 6.71. The predicted molar refractivity (Wildman–Crippen MR) is 79.4 cm³/mol. The van der Waals surface area contributed by atoms with Crippen LogP contribution in [-0.2, 0) is 16.0 Å². The Morgan fingerprint density at radius 3 is 2.57 bits per heavy atom. The highest BCUT2D eigenvalue weighted by atomic mass is 79.9. The number of thioether (sulfide) groups is 1. The Labute approximate surface area is 150 Å². The third kappa shape index (κ3) is 3.49. The molecule has 0 aromatic heterocycles. The number of hydrogen-bond acceptors (Lipinski definition) is 4. The molecule has 1 fully saturated rings. The summed E-state index contributed by atoms with van der Waals surface area (Å²) < 4.78 is 63.5. The number of hydrogen-bond donors (Lipinski definition) is 1. The maximum absolute atomic E-state index is 12.9. The molecule has 0 amide bonds. The molecule has 3 rings (SSSR count). The van der Waals surface area contributed by atoms with E-state index in [1.807, 2.05) is 0 Å². The average molecular weight is 452 g/mol. The minimum atomic E-state index is -4.51. The van der Waals surface area contributed by atoms with Crippen LogP contribution in [0, 0.1) is 0 Å². The van der Waals surface area contributed by atoms with E-state index in [0.29, 0.717) is 0 Å². The topological polar surface area (TPSA) is 63.2 Å². The Balaban J connectivity index is 0.00000192. The summed E-state index contributed by atoms with van der Waals surface area (Å²) in [6, 6.07) is 2.45. The van der Waals surface area contributed by atoms with Crippen molar-refractivity contribution in [2.75, 3.05) is 11.5 Å². The van der Waals surface area contributed by atoms with E-state index in [2.05, 4.69) is 0 Å². The molecule has 11 heteroatoms. The number of nitrogens with zero attached hydrogens (tertiary/aromatic N) is 1. The maximum Gasteiger partial charge on any atom is 0.416 e. The highest BCUT2D eigenvalue weighted by molar-refractivity contribution is 8.15. The van der Waals surface area contributed by atoms with Crippen LogP contribution < -0.4 is 22.7 Å². The van der Waals surface area contributed by atoms with Gasteiger partial charge in [0.05, 0.1) is 27.3 Å². The van der Waals surface area contributed by atoms with Gasteiger partial charge >= 0.3 is 11.3 Å². The summed E-state index contributed by atoms with van der Waals surface area (Å²) >= 11 is 7.18. The van der Waals surface area contributed by atoms with E-state index in [9.17, 15) is 21.6 Å². The van der Waals surface area contributed by atoms with Crippen LogP contribution in [0.1, 0.15) is 5.56 Å². The van der Waals surface area contributed by atoms with Crippen LogP contribution in [0.25, 0.3) is 0 Å². The van der Waals surface area contributed by atoms with Gasteiger partial charge in [-0.25, -0.2) is 13.0 Å². The number of sulfone groups is 1. The third-order valence-electron chi connectivity index (χ3n) is 3.65. The standard InChI is InChI=1S/C12H10ClF3N2O2S2.BrH/c13-7-2-1-6(12(14,15)16)3-8(7)18-9-4-22(19,20)5-10(9)21-11(18)17;/h1-3,9-10,17H,4-5H2;1H. The normalized spacial score (nSPS) is 26.1. The Morgan fingerprint density at radius 1 is 1.30 bits per heavy atom. The van der Waals surface area contributed by atoms with Crippen LogP contribution in [0.3, 0.4) is 0 Å². The van der Waals surface area contributed by atoms with Gasteiger partial charge in [0.25, 0.3) is 0 Å². The van der Waals surface area contributed by atoms with E-state index in [0.717, 1.165) is 30.0 Å². The van der Waals surface area contributed by atoms with Crippen LogP contribution >= 0.6 is 23.4 Å². The minimum absolute atomic E-state index is 0. The smallest absolute Gasteiger partial charge is 0.416 e. The summed E-state index contributed by atoms with van der Waals surface area (Å²) in [6.45, 7) is 0. The molecule has 1 aromatic rings. The Hall–Kier alpha value is -0.450. The van der Waals surface area contributed by atoms with E-state index in [1.165, 1.54) is 4.58 Å². The molecule has 2 atom stereocenters. The molecule has 1 saturated heterocycles. The van der Waals surface area contributed by atoms with Crippen molar-refractivity contribution < 1.29 is 43.1 Å². The lowest BCUT2D eigenvalue weighted by Gasteiger charge is -2.14. The molecule has 2 aliphatic heterocycles. The average Bonchev–Trinajstić information content (AvgIpc) is 2.79. The first-order valence-corrected chi connectivity index (χ1v) is 9.32. The number of benzene rings is 1. The molecule has 0 aliphatic carbocycles. The molecule has 0 bridgehead atoms. The lowest BCUT2D eigenvalue weighted by atomic mass is 10.1. The van der Waals surface area contributed by atoms with Crippen molar-refractivity contribution in [3.05, 3.63) is 28.8 Å². The molecule has 0 radical (unpaired) electrons. The summed E-state index contributed by atoms with van der Waals surface area (Å²) in [7, 11) is -3.22. The monoisotopic (exact) mass is 450 g/mol. The van der Waals surface area contributed by atoms with E-state index >= 15 is 0 Å². The summed E-state index contributed by atoms with van der Waals surface area (Å²) in [5.41, 5.74) is 5.12. The molecule has 2 heterocycles. The van der Waals surface area contributed by atoms with Crippen molar-refractivity contribution in [1.29, 1.82) is 0 Å². The Bertz CT molecular complexity index is 783. The second-order valence-corrected chi connectivity index (χ2v) is 8.99. The minimum Gasteiger partial charge on any atom is -1.00 e. The molecular formula is C12H11BrClF3N2O2S2. The molecule has 4 nitrogen and oxygen atoms in total. The highest BCUT2D eigenvalue weighted by Crippen LogP contribution is 2.41. The van der Waals surface area contributed by atoms with E-state index < -0.39 is 27.6 Å². The number of halogens is 5. The first-order valence-electron chi connectivity index (χ1n) is 6.24. The molecule has 128 valence electrons. The zero-order valence-corrected chi connectivity index (χ0v) is 15.3. The van der Waals surface area contributed by atoms with Crippen molar-refractivity contribution in [2.24, 2.45) is 5.73 Å². The van der Waals surface area contributed by atoms with Gasteiger partial charge in [-0.1, -0.05) is 11.6 Å². The molecule has 23 heavy (non-hydrogen) atoms. The van der Waals surface area contributed by atoms with Crippen molar-refractivity contribution in [1.82, 2.24) is 0 Å². The number of alkyl halides is 3. The molecular weight excluding hydrogens is 441 g/mol. The summed E-state index contributed by atoms with van der Waals surface area (Å²) in [4.78, 5) is 0. The Morgan fingerprint density at radius 2 is 1.96 bits per heavy atom. The molecule has 2 aliphatic rings. The molecule has 0 spiro atoms. The highest BCUT2D eigenvalue weighted by Gasteiger charge is 2.50. The summed E-state index contributed by atoms with van der Waals surface area (Å²) in [6.07, 6.45) is -4.51. The first kappa shape index (κ1) is 18.9. The molecule has 1 aromatic carbocycles. The second kappa shape index (κ2) is 6.12. The third-order valence-corrected chi connectivity index (χ3v) is 7.12.